The number of carbonyl (C=O) groups is 2. The maximum atomic E-state index is 13.3. The number of hydrogen-bond acceptors (Lipinski definition) is 4. The first-order valence-corrected chi connectivity index (χ1v) is 8.70. The Labute approximate surface area is 155 Å². The summed E-state index contributed by atoms with van der Waals surface area (Å²) in [5, 5.41) is 0. The van der Waals surface area contributed by atoms with Crippen molar-refractivity contribution in [2.45, 2.75) is 25.7 Å². The van der Waals surface area contributed by atoms with Crippen molar-refractivity contribution in [3.63, 3.8) is 0 Å². The number of halogens is 2. The molecule has 1 aliphatic rings. The monoisotopic (exact) mass is 377 g/mol. The van der Waals surface area contributed by atoms with Gasteiger partial charge in [0.15, 0.2) is 11.6 Å². The molecule has 1 aliphatic heterocycles. The predicted molar refractivity (Wildman–Crippen MR) is 93.5 cm³/mol. The fraction of sp³-hybridized carbons (Fsp3) is 0.421. The molecule has 0 radical (unpaired) electrons. The summed E-state index contributed by atoms with van der Waals surface area (Å²) in [6.07, 6.45) is 1.19. The molecular formula is C19H21F2N3O3. The lowest BCUT2D eigenvalue weighted by Gasteiger charge is -2.30. The molecule has 1 aromatic heterocycles. The molecule has 0 unspecified atom stereocenters. The first kappa shape index (κ1) is 19.0. The van der Waals surface area contributed by atoms with Gasteiger partial charge in [-0.25, -0.2) is 13.8 Å². The highest BCUT2D eigenvalue weighted by molar-refractivity contribution is 5.94. The van der Waals surface area contributed by atoms with Gasteiger partial charge in [-0.1, -0.05) is 0 Å². The molecular weight excluding hydrogens is 356 g/mol. The zero-order chi connectivity index (χ0) is 19.7. The molecule has 6 nitrogen and oxygen atoms in total. The number of piperidine rings is 1. The van der Waals surface area contributed by atoms with E-state index in [4.69, 9.17) is 4.42 Å². The fourth-order valence-corrected chi connectivity index (χ4v) is 3.19. The van der Waals surface area contributed by atoms with Crippen LogP contribution in [0.25, 0.3) is 0 Å². The molecule has 27 heavy (non-hydrogen) atoms. The summed E-state index contributed by atoms with van der Waals surface area (Å²) < 4.78 is 32.4. The molecule has 8 heteroatoms. The molecule has 1 aromatic carbocycles. The summed E-state index contributed by atoms with van der Waals surface area (Å²) in [6, 6.07) is 2.81. The van der Waals surface area contributed by atoms with Crippen LogP contribution in [0.4, 0.5) is 8.78 Å². The topological polar surface area (TPSA) is 66.7 Å². The molecule has 2 amide bonds. The van der Waals surface area contributed by atoms with E-state index in [1.165, 1.54) is 4.90 Å². The van der Waals surface area contributed by atoms with Gasteiger partial charge in [0.1, 0.15) is 17.4 Å². The average molecular weight is 377 g/mol. The smallest absolute Gasteiger partial charge is 0.275 e. The number of carbonyl (C=O) groups excluding carboxylic acids is 2. The van der Waals surface area contributed by atoms with E-state index < -0.39 is 17.5 Å². The normalized spacial score (nSPS) is 15.1. The Bertz CT molecular complexity index is 851. The summed E-state index contributed by atoms with van der Waals surface area (Å²) in [7, 11) is 3.30. The number of benzene rings is 1. The minimum Gasteiger partial charge on any atom is -0.445 e. The van der Waals surface area contributed by atoms with Gasteiger partial charge in [-0.05, 0) is 31.9 Å². The lowest BCUT2D eigenvalue weighted by Crippen LogP contribution is -2.38. The van der Waals surface area contributed by atoms with Gasteiger partial charge >= 0.3 is 0 Å². The van der Waals surface area contributed by atoms with E-state index in [-0.39, 0.29) is 17.4 Å². The van der Waals surface area contributed by atoms with Crippen molar-refractivity contribution in [3.05, 3.63) is 52.7 Å². The molecule has 2 aromatic rings. The van der Waals surface area contributed by atoms with E-state index in [0.717, 1.165) is 18.2 Å². The fourth-order valence-electron chi connectivity index (χ4n) is 3.19. The Morgan fingerprint density at radius 1 is 1.15 bits per heavy atom. The van der Waals surface area contributed by atoms with Crippen LogP contribution in [0.1, 0.15) is 51.3 Å². The lowest BCUT2D eigenvalue weighted by atomic mass is 9.96. The van der Waals surface area contributed by atoms with Gasteiger partial charge in [0.2, 0.25) is 0 Å². The van der Waals surface area contributed by atoms with Gasteiger partial charge in [0.25, 0.3) is 11.8 Å². The molecule has 0 N–H and O–H groups in total. The molecule has 1 saturated heterocycles. The highest BCUT2D eigenvalue weighted by Crippen LogP contribution is 2.29. The van der Waals surface area contributed by atoms with Crippen LogP contribution in [0.15, 0.2) is 22.6 Å². The molecule has 2 heterocycles. The summed E-state index contributed by atoms with van der Waals surface area (Å²) in [6.45, 7) is 2.53. The third-order valence-corrected chi connectivity index (χ3v) is 4.66. The minimum atomic E-state index is -0.776. The van der Waals surface area contributed by atoms with Gasteiger partial charge in [-0.15, -0.1) is 0 Å². The first-order valence-electron chi connectivity index (χ1n) is 8.70. The van der Waals surface area contributed by atoms with E-state index >= 15 is 0 Å². The van der Waals surface area contributed by atoms with E-state index in [0.29, 0.717) is 43.3 Å². The summed E-state index contributed by atoms with van der Waals surface area (Å²) >= 11 is 0. The zero-order valence-corrected chi connectivity index (χ0v) is 15.5. The van der Waals surface area contributed by atoms with Crippen molar-refractivity contribution >= 4 is 11.8 Å². The van der Waals surface area contributed by atoms with Crippen LogP contribution in [0.2, 0.25) is 0 Å². The molecule has 0 bridgehead atoms. The quantitative estimate of drug-likeness (QED) is 0.825. The molecule has 144 valence electrons. The second-order valence-electron chi connectivity index (χ2n) is 6.88. The number of aromatic nitrogens is 1. The number of hydrogen-bond donors (Lipinski definition) is 0. The van der Waals surface area contributed by atoms with Crippen LogP contribution < -0.4 is 0 Å². The molecule has 0 spiro atoms. The Morgan fingerprint density at radius 2 is 1.74 bits per heavy atom. The van der Waals surface area contributed by atoms with Crippen molar-refractivity contribution in [1.29, 1.82) is 0 Å². The molecule has 1 fully saturated rings. The van der Waals surface area contributed by atoms with Gasteiger partial charge < -0.3 is 14.2 Å². The maximum absolute atomic E-state index is 13.3. The number of nitrogens with zero attached hydrogens (tertiary/aromatic N) is 3. The van der Waals surface area contributed by atoms with Crippen molar-refractivity contribution in [2.24, 2.45) is 0 Å². The van der Waals surface area contributed by atoms with Crippen molar-refractivity contribution in [1.82, 2.24) is 14.8 Å². The Kier molecular flexibility index (Phi) is 5.25. The number of likely N-dealkylation sites (tertiary alicyclic amines) is 1. The minimum absolute atomic E-state index is 0.00298. The van der Waals surface area contributed by atoms with Crippen LogP contribution in [0, 0.1) is 18.6 Å². The Hall–Kier alpha value is -2.77. The second kappa shape index (κ2) is 7.46. The number of rotatable bonds is 3. The van der Waals surface area contributed by atoms with Gasteiger partial charge in [0.05, 0.1) is 0 Å². The van der Waals surface area contributed by atoms with Crippen LogP contribution in [0.3, 0.4) is 0 Å². The van der Waals surface area contributed by atoms with E-state index in [9.17, 15) is 18.4 Å². The van der Waals surface area contributed by atoms with Gasteiger partial charge in [-0.2, -0.15) is 0 Å². The van der Waals surface area contributed by atoms with Crippen LogP contribution in [-0.4, -0.2) is 53.8 Å². The highest BCUT2D eigenvalue weighted by Gasteiger charge is 2.29. The summed E-state index contributed by atoms with van der Waals surface area (Å²) in [5.41, 5.74) is 0.292. The first-order chi connectivity index (χ1) is 12.8. The van der Waals surface area contributed by atoms with E-state index in [2.05, 4.69) is 4.98 Å². The van der Waals surface area contributed by atoms with E-state index in [1.54, 1.807) is 25.9 Å². The number of oxazole rings is 1. The summed E-state index contributed by atoms with van der Waals surface area (Å²) in [5.74, 6) is -1.23. The third-order valence-electron chi connectivity index (χ3n) is 4.66. The van der Waals surface area contributed by atoms with Gasteiger partial charge in [0, 0.05) is 44.7 Å². The lowest BCUT2D eigenvalue weighted by molar-refractivity contribution is 0.0704. The molecule has 0 aliphatic carbocycles. The predicted octanol–water partition coefficient (Wildman–Crippen LogP) is 2.98. The van der Waals surface area contributed by atoms with Crippen molar-refractivity contribution < 1.29 is 22.8 Å². The molecule has 3 rings (SSSR count). The van der Waals surface area contributed by atoms with Crippen molar-refractivity contribution in [3.8, 4) is 0 Å². The largest absolute Gasteiger partial charge is 0.445 e. The highest BCUT2D eigenvalue weighted by atomic mass is 19.1. The van der Waals surface area contributed by atoms with Crippen molar-refractivity contribution in [2.75, 3.05) is 27.2 Å². The zero-order valence-electron chi connectivity index (χ0n) is 15.5. The summed E-state index contributed by atoms with van der Waals surface area (Å²) in [4.78, 5) is 31.9. The molecule has 0 saturated carbocycles. The second-order valence-corrected chi connectivity index (χ2v) is 6.88. The van der Waals surface area contributed by atoms with E-state index in [1.807, 2.05) is 0 Å². The Balaban J connectivity index is 1.68. The van der Waals surface area contributed by atoms with Crippen LogP contribution in [0.5, 0.6) is 0 Å². The maximum Gasteiger partial charge on any atom is 0.275 e. The van der Waals surface area contributed by atoms with Crippen LogP contribution >= 0.6 is 0 Å². The van der Waals surface area contributed by atoms with Crippen LogP contribution in [-0.2, 0) is 0 Å². The Morgan fingerprint density at radius 3 is 2.30 bits per heavy atom. The number of aryl methyl sites for hydroxylation is 1. The molecule has 0 atom stereocenters. The average Bonchev–Trinajstić information content (AvgIpc) is 3.01. The SMILES string of the molecule is Cc1oc(C2CCN(C(=O)c3cc(F)cc(F)c3)CC2)nc1C(=O)N(C)C. The standard InChI is InChI=1S/C19H21F2N3O3/c1-11-16(19(26)23(2)3)22-17(27-11)12-4-6-24(7-5-12)18(25)13-8-14(20)10-15(21)9-13/h8-10,12H,4-7H2,1-3H3. The number of amides is 2. The third kappa shape index (κ3) is 3.99. The van der Waals surface area contributed by atoms with Gasteiger partial charge in [-0.3, -0.25) is 9.59 Å².